The van der Waals surface area contributed by atoms with E-state index in [9.17, 15) is 23.4 Å². The van der Waals surface area contributed by atoms with Gasteiger partial charge < -0.3 is 34.6 Å². The number of nitrogens with zero attached hydrogens (tertiary/aromatic N) is 3. The van der Waals surface area contributed by atoms with Gasteiger partial charge in [-0.15, -0.1) is 0 Å². The van der Waals surface area contributed by atoms with E-state index in [1.807, 2.05) is 0 Å². The molecule has 0 fully saturated rings. The van der Waals surface area contributed by atoms with Crippen molar-refractivity contribution in [1.82, 2.24) is 19.5 Å². The number of fused-ring (bicyclic) bond motifs is 1. The average Bonchev–Trinajstić information content (AvgIpc) is 2.92. The molecule has 0 saturated carbocycles. The number of phosphoric acid groups is 2. The molecule has 2 aromatic heterocycles. The van der Waals surface area contributed by atoms with E-state index >= 15 is 0 Å². The molecule has 0 spiro atoms. The summed E-state index contributed by atoms with van der Waals surface area (Å²) in [6.45, 7) is 5.19. The van der Waals surface area contributed by atoms with Crippen LogP contribution in [0.15, 0.2) is 23.3 Å². The minimum absolute atomic E-state index is 0.0178. The molecule has 0 aliphatic rings. The Morgan fingerprint density at radius 3 is 2.53 bits per heavy atom. The molecule has 3 atom stereocenters. The van der Waals surface area contributed by atoms with Gasteiger partial charge in [-0.05, 0) is 12.5 Å². The molecule has 0 bridgehead atoms. The Kier molecular flexibility index (Phi) is 7.21. The number of aromatic nitrogens is 4. The lowest BCUT2D eigenvalue weighted by Crippen LogP contribution is -2.17. The summed E-state index contributed by atoms with van der Waals surface area (Å²) in [7, 11) is -16.0. The van der Waals surface area contributed by atoms with Crippen LogP contribution >= 0.6 is 23.2 Å². The zero-order chi connectivity index (χ0) is 22.9. The van der Waals surface area contributed by atoms with Crippen LogP contribution in [0, 0.1) is 0 Å². The van der Waals surface area contributed by atoms with E-state index in [-0.39, 0.29) is 23.7 Å². The first-order valence-electron chi connectivity index (χ1n) is 7.71. The minimum Gasteiger partial charge on any atom is -0.369 e. The van der Waals surface area contributed by atoms with Crippen molar-refractivity contribution in [2.24, 2.45) is 0 Å². The van der Waals surface area contributed by atoms with Gasteiger partial charge in [0.15, 0.2) is 11.2 Å². The van der Waals surface area contributed by atoms with Gasteiger partial charge in [0.1, 0.15) is 6.35 Å². The fourth-order valence-corrected chi connectivity index (χ4v) is 5.45. The molecule has 16 nitrogen and oxygen atoms in total. The summed E-state index contributed by atoms with van der Waals surface area (Å²) >= 11 is 0. The van der Waals surface area contributed by atoms with Gasteiger partial charge >= 0.3 is 23.2 Å². The molecule has 0 amide bonds. The number of hydrogen-bond donors (Lipinski definition) is 6. The average molecular weight is 489 g/mol. The monoisotopic (exact) mass is 489 g/mol. The summed E-state index contributed by atoms with van der Waals surface area (Å²) in [6, 6.07) is 0. The Balaban J connectivity index is 2.01. The van der Waals surface area contributed by atoms with Crippen molar-refractivity contribution in [3.05, 3.63) is 28.8 Å². The van der Waals surface area contributed by atoms with E-state index in [1.54, 1.807) is 0 Å². The first-order valence-corrected chi connectivity index (χ1v) is 12.5. The van der Waals surface area contributed by atoms with Gasteiger partial charge in [0.25, 0.3) is 5.56 Å². The quantitative estimate of drug-likeness (QED) is 0.190. The summed E-state index contributed by atoms with van der Waals surface area (Å²) < 4.78 is 47.6. The molecule has 168 valence electrons. The van der Waals surface area contributed by atoms with Crippen molar-refractivity contribution in [3.63, 3.8) is 0 Å². The van der Waals surface area contributed by atoms with Crippen molar-refractivity contribution in [2.75, 3.05) is 12.1 Å². The molecule has 7 N–H and O–H groups in total. The molecule has 2 unspecified atom stereocenters. The summed E-state index contributed by atoms with van der Waals surface area (Å²) in [5.74, 6) is -0.131. The molecular weight excluding hydrogens is 471 g/mol. The zero-order valence-electron chi connectivity index (χ0n) is 15.2. The van der Waals surface area contributed by atoms with Gasteiger partial charge in [-0.2, -0.15) is 9.29 Å². The van der Waals surface area contributed by atoms with Crippen molar-refractivity contribution in [2.45, 2.75) is 19.6 Å². The number of nitrogen functional groups attached to an aromatic ring is 1. The standard InChI is InChI=1S/C11H18N5O11P3/c1-6(3-16-4-13-8-9(16)14-11(12)15-10(8)17)7(2)25-5-28(18,19)26-30(23,24)27-29(20,21)22/h4,7H,1,3,5H2,2H3,(H,18,19)(H,23,24)(H2,20,21,22)(H3,12,14,15,17)/t7-/m1/s1. The third-order valence-electron chi connectivity index (χ3n) is 3.37. The molecule has 19 heteroatoms. The molecule has 0 radical (unpaired) electrons. The first kappa shape index (κ1) is 24.6. The number of hydrogen-bond acceptors (Lipinski definition) is 10. The van der Waals surface area contributed by atoms with Gasteiger partial charge in [0.2, 0.25) is 5.95 Å². The number of imidazole rings is 1. The number of rotatable bonds is 10. The molecule has 30 heavy (non-hydrogen) atoms. The summed E-state index contributed by atoms with van der Waals surface area (Å²) in [4.78, 5) is 57.6. The van der Waals surface area contributed by atoms with Crippen LogP contribution in [0.25, 0.3) is 11.2 Å². The highest BCUT2D eigenvalue weighted by molar-refractivity contribution is 7.68. The zero-order valence-corrected chi connectivity index (χ0v) is 17.9. The second-order valence-corrected chi connectivity index (χ2v) is 10.6. The van der Waals surface area contributed by atoms with Gasteiger partial charge in [-0.25, -0.2) is 18.4 Å². The second kappa shape index (κ2) is 8.81. The van der Waals surface area contributed by atoms with E-state index in [0.717, 1.165) is 0 Å². The van der Waals surface area contributed by atoms with Crippen LogP contribution in [0.1, 0.15) is 6.92 Å². The number of nitrogens with one attached hydrogen (secondary N) is 1. The molecule has 2 heterocycles. The number of nitrogens with two attached hydrogens (primary N) is 1. The molecule has 0 aliphatic carbocycles. The first-order chi connectivity index (χ1) is 13.6. The molecule has 0 aromatic carbocycles. The van der Waals surface area contributed by atoms with Gasteiger partial charge in [-0.1, -0.05) is 6.58 Å². The van der Waals surface area contributed by atoms with Crippen LogP contribution in [-0.4, -0.2) is 51.5 Å². The fourth-order valence-electron chi connectivity index (χ4n) is 2.09. The smallest absolute Gasteiger partial charge is 0.369 e. The maximum atomic E-state index is 11.8. The molecular formula is C11H18N5O11P3. The predicted octanol–water partition coefficient (Wildman–Crippen LogP) is 0.0323. The van der Waals surface area contributed by atoms with Gasteiger partial charge in [0, 0.05) is 6.54 Å². The van der Waals surface area contributed by atoms with Crippen LogP contribution in [0.4, 0.5) is 5.95 Å². The Morgan fingerprint density at radius 1 is 1.30 bits per heavy atom. The number of aromatic amines is 1. The third kappa shape index (κ3) is 6.93. The highest BCUT2D eigenvalue weighted by atomic mass is 31.3. The molecule has 0 saturated heterocycles. The number of anilines is 1. The van der Waals surface area contributed by atoms with Crippen LogP contribution in [0.5, 0.6) is 0 Å². The Labute approximate surface area is 167 Å². The van der Waals surface area contributed by atoms with Crippen LogP contribution in [-0.2, 0) is 33.6 Å². The van der Waals surface area contributed by atoms with Crippen LogP contribution in [0.2, 0.25) is 0 Å². The minimum atomic E-state index is -5.55. The number of H-pyrrole nitrogens is 1. The maximum absolute atomic E-state index is 11.8. The maximum Gasteiger partial charge on any atom is 0.488 e. The lowest BCUT2D eigenvalue weighted by atomic mass is 10.2. The Hall–Kier alpha value is -1.70. The van der Waals surface area contributed by atoms with Gasteiger partial charge in [0.05, 0.1) is 12.4 Å². The SMILES string of the molecule is C=C(Cn1cnc2c(=O)[nH]c(N)nc21)[C@@H](C)OCP(=O)(O)OP(=O)(O)OP(=O)(O)O. The highest BCUT2D eigenvalue weighted by Gasteiger charge is 2.39. The van der Waals surface area contributed by atoms with Crippen molar-refractivity contribution < 1.29 is 46.6 Å². The van der Waals surface area contributed by atoms with E-state index in [1.165, 1.54) is 17.8 Å². The molecule has 0 aliphatic heterocycles. The van der Waals surface area contributed by atoms with Crippen molar-refractivity contribution in [3.8, 4) is 0 Å². The topological polar surface area (TPSA) is 249 Å². The Morgan fingerprint density at radius 2 is 1.93 bits per heavy atom. The lowest BCUT2D eigenvalue weighted by Gasteiger charge is -2.20. The van der Waals surface area contributed by atoms with E-state index < -0.39 is 41.3 Å². The number of ether oxygens (including phenoxy) is 1. The van der Waals surface area contributed by atoms with E-state index in [4.69, 9.17) is 25.2 Å². The van der Waals surface area contributed by atoms with Crippen LogP contribution in [0.3, 0.4) is 0 Å². The lowest BCUT2D eigenvalue weighted by molar-refractivity contribution is 0.108. The van der Waals surface area contributed by atoms with Crippen LogP contribution < -0.4 is 11.3 Å². The van der Waals surface area contributed by atoms with E-state index in [2.05, 4.69) is 30.2 Å². The molecule has 2 rings (SSSR count). The van der Waals surface area contributed by atoms with Gasteiger partial charge in [-0.3, -0.25) is 14.3 Å². The summed E-state index contributed by atoms with van der Waals surface area (Å²) in [5, 5.41) is 0. The molecule has 2 aromatic rings. The van der Waals surface area contributed by atoms with E-state index in [0.29, 0.717) is 5.57 Å². The summed E-state index contributed by atoms with van der Waals surface area (Å²) in [6.07, 6.45) is -0.740. The van der Waals surface area contributed by atoms with Crippen molar-refractivity contribution >= 4 is 40.4 Å². The second-order valence-electron chi connectivity index (χ2n) is 5.85. The highest BCUT2D eigenvalue weighted by Crippen LogP contribution is 2.65. The normalized spacial score (nSPS) is 17.4. The third-order valence-corrected chi connectivity index (χ3v) is 7.37. The summed E-state index contributed by atoms with van der Waals surface area (Å²) in [5.41, 5.74) is 5.46. The fraction of sp³-hybridized carbons (Fsp3) is 0.364. The Bertz CT molecular complexity index is 1150. The predicted molar refractivity (Wildman–Crippen MR) is 101 cm³/mol. The largest absolute Gasteiger partial charge is 0.488 e. The van der Waals surface area contributed by atoms with Crippen molar-refractivity contribution in [1.29, 1.82) is 0 Å².